The van der Waals surface area contributed by atoms with Gasteiger partial charge in [0.15, 0.2) is 11.5 Å². The van der Waals surface area contributed by atoms with Gasteiger partial charge in [-0.05, 0) is 28.4 Å². The van der Waals surface area contributed by atoms with E-state index in [1.165, 1.54) is 21.3 Å². The molecule has 112 valence electrons. The SMILES string of the molecule is COc1cc(C(=O)NCCCO)c(Br)c(OC)c1OC. The molecule has 0 radical (unpaired) electrons. The number of hydrogen-bond donors (Lipinski definition) is 2. The zero-order valence-electron chi connectivity index (χ0n) is 11.7. The summed E-state index contributed by atoms with van der Waals surface area (Å²) < 4.78 is 16.2. The van der Waals surface area contributed by atoms with Crippen molar-refractivity contribution in [2.24, 2.45) is 0 Å². The molecule has 0 aliphatic carbocycles. The number of halogens is 1. The first-order chi connectivity index (χ1) is 9.60. The molecule has 0 aromatic heterocycles. The van der Waals surface area contributed by atoms with Gasteiger partial charge in [0, 0.05) is 13.2 Å². The number of carbonyl (C=O) groups excluding carboxylic acids is 1. The van der Waals surface area contributed by atoms with Crippen molar-refractivity contribution in [1.82, 2.24) is 5.32 Å². The van der Waals surface area contributed by atoms with Crippen molar-refractivity contribution in [2.45, 2.75) is 6.42 Å². The van der Waals surface area contributed by atoms with Gasteiger partial charge in [-0.2, -0.15) is 0 Å². The zero-order valence-corrected chi connectivity index (χ0v) is 13.2. The van der Waals surface area contributed by atoms with E-state index in [0.29, 0.717) is 40.3 Å². The van der Waals surface area contributed by atoms with Gasteiger partial charge in [-0.15, -0.1) is 0 Å². The van der Waals surface area contributed by atoms with E-state index in [-0.39, 0.29) is 12.5 Å². The summed E-state index contributed by atoms with van der Waals surface area (Å²) in [4.78, 5) is 12.1. The van der Waals surface area contributed by atoms with Crippen LogP contribution >= 0.6 is 15.9 Å². The van der Waals surface area contributed by atoms with Gasteiger partial charge >= 0.3 is 0 Å². The highest BCUT2D eigenvalue weighted by Crippen LogP contribution is 2.44. The van der Waals surface area contributed by atoms with Crippen molar-refractivity contribution >= 4 is 21.8 Å². The normalized spacial score (nSPS) is 10.1. The Morgan fingerprint density at radius 1 is 1.25 bits per heavy atom. The minimum Gasteiger partial charge on any atom is -0.493 e. The Balaban J connectivity index is 3.16. The molecule has 20 heavy (non-hydrogen) atoms. The van der Waals surface area contributed by atoms with Crippen molar-refractivity contribution in [2.75, 3.05) is 34.5 Å². The maximum Gasteiger partial charge on any atom is 0.252 e. The van der Waals surface area contributed by atoms with E-state index in [1.807, 2.05) is 0 Å². The number of rotatable bonds is 7. The molecule has 6 nitrogen and oxygen atoms in total. The minimum atomic E-state index is -0.287. The Morgan fingerprint density at radius 3 is 2.40 bits per heavy atom. The van der Waals surface area contributed by atoms with Crippen LogP contribution in [0.5, 0.6) is 17.2 Å². The molecular formula is C13H18BrNO5. The number of nitrogens with one attached hydrogen (secondary N) is 1. The summed E-state index contributed by atoms with van der Waals surface area (Å²) in [5.74, 6) is 0.914. The molecule has 0 atom stereocenters. The lowest BCUT2D eigenvalue weighted by molar-refractivity contribution is 0.0949. The third kappa shape index (κ3) is 3.55. The second-order valence-electron chi connectivity index (χ2n) is 3.84. The molecule has 0 aliphatic rings. The third-order valence-electron chi connectivity index (χ3n) is 2.63. The number of ether oxygens (including phenoxy) is 3. The minimum absolute atomic E-state index is 0.0245. The van der Waals surface area contributed by atoms with Crippen molar-refractivity contribution in [3.05, 3.63) is 16.1 Å². The number of methoxy groups -OCH3 is 3. The highest BCUT2D eigenvalue weighted by molar-refractivity contribution is 9.10. The average Bonchev–Trinajstić information content (AvgIpc) is 2.46. The molecular weight excluding hydrogens is 330 g/mol. The molecule has 7 heteroatoms. The van der Waals surface area contributed by atoms with Crippen LogP contribution in [0.25, 0.3) is 0 Å². The lowest BCUT2D eigenvalue weighted by atomic mass is 10.1. The standard InChI is InChI=1S/C13H18BrNO5/c1-18-9-7-8(13(17)15-5-4-6-16)10(14)12(20-3)11(9)19-2/h7,16H,4-6H2,1-3H3,(H,15,17). The summed E-state index contributed by atoms with van der Waals surface area (Å²) in [5.41, 5.74) is 0.373. The first-order valence-electron chi connectivity index (χ1n) is 5.98. The molecule has 0 heterocycles. The Kier molecular flexibility index (Phi) is 6.60. The summed E-state index contributed by atoms with van der Waals surface area (Å²) in [6.45, 7) is 0.412. The molecule has 1 amide bonds. The van der Waals surface area contributed by atoms with Gasteiger partial charge in [-0.1, -0.05) is 0 Å². The van der Waals surface area contributed by atoms with E-state index in [2.05, 4.69) is 21.2 Å². The fraction of sp³-hybridized carbons (Fsp3) is 0.462. The van der Waals surface area contributed by atoms with Gasteiger partial charge in [-0.25, -0.2) is 0 Å². The maximum absolute atomic E-state index is 12.1. The Labute approximate surface area is 126 Å². The Morgan fingerprint density at radius 2 is 1.90 bits per heavy atom. The molecule has 0 aliphatic heterocycles. The van der Waals surface area contributed by atoms with Crippen LogP contribution in [-0.2, 0) is 0 Å². The number of benzene rings is 1. The first kappa shape index (κ1) is 16.6. The van der Waals surface area contributed by atoms with Gasteiger partial charge in [0.05, 0.1) is 31.4 Å². The zero-order chi connectivity index (χ0) is 15.1. The van der Waals surface area contributed by atoms with Crippen LogP contribution in [0.15, 0.2) is 10.5 Å². The van der Waals surface area contributed by atoms with Crippen LogP contribution in [0.1, 0.15) is 16.8 Å². The molecule has 0 bridgehead atoms. The molecule has 1 aromatic carbocycles. The van der Waals surface area contributed by atoms with E-state index < -0.39 is 0 Å². The van der Waals surface area contributed by atoms with Crippen molar-refractivity contribution < 1.29 is 24.1 Å². The monoisotopic (exact) mass is 347 g/mol. The van der Waals surface area contributed by atoms with Crippen LogP contribution in [-0.4, -0.2) is 45.5 Å². The maximum atomic E-state index is 12.1. The summed E-state index contributed by atoms with van der Waals surface area (Å²) >= 11 is 3.34. The molecule has 2 N–H and O–H groups in total. The van der Waals surface area contributed by atoms with Crippen LogP contribution in [0, 0.1) is 0 Å². The van der Waals surface area contributed by atoms with Crippen molar-refractivity contribution in [3.63, 3.8) is 0 Å². The predicted octanol–water partition coefficient (Wildman–Crippen LogP) is 1.59. The molecule has 0 saturated carbocycles. The molecule has 0 fully saturated rings. The second kappa shape index (κ2) is 7.96. The van der Waals surface area contributed by atoms with Crippen LogP contribution in [0.2, 0.25) is 0 Å². The fourth-order valence-electron chi connectivity index (χ4n) is 1.66. The Bertz CT molecular complexity index is 478. The quantitative estimate of drug-likeness (QED) is 0.732. The average molecular weight is 348 g/mol. The smallest absolute Gasteiger partial charge is 0.252 e. The lowest BCUT2D eigenvalue weighted by Gasteiger charge is -2.16. The number of hydrogen-bond acceptors (Lipinski definition) is 5. The van der Waals surface area contributed by atoms with Crippen molar-refractivity contribution in [3.8, 4) is 17.2 Å². The van der Waals surface area contributed by atoms with Gasteiger partial charge in [0.1, 0.15) is 0 Å². The predicted molar refractivity (Wildman–Crippen MR) is 77.8 cm³/mol. The van der Waals surface area contributed by atoms with E-state index in [0.717, 1.165) is 0 Å². The summed E-state index contributed by atoms with van der Waals surface area (Å²) in [7, 11) is 4.46. The highest BCUT2D eigenvalue weighted by atomic mass is 79.9. The lowest BCUT2D eigenvalue weighted by Crippen LogP contribution is -2.25. The molecule has 0 saturated heterocycles. The number of aliphatic hydroxyl groups excluding tert-OH is 1. The van der Waals surface area contributed by atoms with E-state index >= 15 is 0 Å². The topological polar surface area (TPSA) is 77.0 Å². The van der Waals surface area contributed by atoms with Gasteiger partial charge < -0.3 is 24.6 Å². The number of aliphatic hydroxyl groups is 1. The second-order valence-corrected chi connectivity index (χ2v) is 4.63. The summed E-state index contributed by atoms with van der Waals surface area (Å²) in [6, 6.07) is 1.57. The summed E-state index contributed by atoms with van der Waals surface area (Å²) in [5, 5.41) is 11.4. The molecule has 0 spiro atoms. The number of carbonyl (C=O) groups is 1. The molecule has 0 unspecified atom stereocenters. The largest absolute Gasteiger partial charge is 0.493 e. The van der Waals surface area contributed by atoms with Crippen LogP contribution < -0.4 is 19.5 Å². The highest BCUT2D eigenvalue weighted by Gasteiger charge is 2.22. The number of amides is 1. The first-order valence-corrected chi connectivity index (χ1v) is 6.77. The van der Waals surface area contributed by atoms with Crippen LogP contribution in [0.3, 0.4) is 0 Å². The summed E-state index contributed by atoms with van der Waals surface area (Å²) in [6.07, 6.45) is 0.494. The van der Waals surface area contributed by atoms with E-state index in [1.54, 1.807) is 6.07 Å². The van der Waals surface area contributed by atoms with Crippen molar-refractivity contribution in [1.29, 1.82) is 0 Å². The Hall–Kier alpha value is -1.47. The van der Waals surface area contributed by atoms with Gasteiger partial charge in [0.25, 0.3) is 5.91 Å². The van der Waals surface area contributed by atoms with Gasteiger partial charge in [-0.3, -0.25) is 4.79 Å². The molecule has 1 rings (SSSR count). The van der Waals surface area contributed by atoms with Crippen LogP contribution in [0.4, 0.5) is 0 Å². The van der Waals surface area contributed by atoms with E-state index in [4.69, 9.17) is 19.3 Å². The fourth-order valence-corrected chi connectivity index (χ4v) is 2.30. The van der Waals surface area contributed by atoms with Gasteiger partial charge in [0.2, 0.25) is 5.75 Å². The third-order valence-corrected chi connectivity index (χ3v) is 3.42. The van der Waals surface area contributed by atoms with E-state index in [9.17, 15) is 4.79 Å². The molecule has 1 aromatic rings.